The molecule has 0 saturated carbocycles. The number of rotatable bonds is 1. The van der Waals surface area contributed by atoms with Crippen molar-refractivity contribution in [3.8, 4) is 0 Å². The number of aromatic carboxylic acids is 1. The summed E-state index contributed by atoms with van der Waals surface area (Å²) in [5, 5.41) is 10.3. The van der Waals surface area contributed by atoms with Crippen LogP contribution in [0.4, 0.5) is 4.39 Å². The van der Waals surface area contributed by atoms with E-state index in [1.54, 1.807) is 0 Å². The Kier molecular flexibility index (Phi) is 1.89. The molecule has 0 spiro atoms. The van der Waals surface area contributed by atoms with Crippen LogP contribution in [-0.2, 0) is 0 Å². The molecule has 0 amide bonds. The molecule has 0 heterocycles. The molecule has 0 aliphatic rings. The number of carboxylic acids is 1. The monoisotopic (exact) mass is 153 g/mol. The first-order valence-corrected chi connectivity index (χ1v) is 3.09. The van der Waals surface area contributed by atoms with E-state index < -0.39 is 11.8 Å². The Bertz CT molecular complexity index is 274. The quantitative estimate of drug-likeness (QED) is 0.589. The van der Waals surface area contributed by atoms with Gasteiger partial charge in [-0.25, -0.2) is 4.39 Å². The number of hydrogen-bond donors (Lipinski definition) is 0. The molecule has 0 aliphatic heterocycles. The first-order valence-electron chi connectivity index (χ1n) is 3.09. The van der Waals surface area contributed by atoms with Crippen LogP contribution in [0.25, 0.3) is 0 Å². The van der Waals surface area contributed by atoms with Crippen LogP contribution in [0.5, 0.6) is 0 Å². The lowest BCUT2D eigenvalue weighted by molar-refractivity contribution is -0.255. The summed E-state index contributed by atoms with van der Waals surface area (Å²) in [6.07, 6.45) is 0. The van der Waals surface area contributed by atoms with E-state index >= 15 is 0 Å². The van der Waals surface area contributed by atoms with Gasteiger partial charge in [0.2, 0.25) is 0 Å². The highest BCUT2D eigenvalue weighted by Crippen LogP contribution is 2.10. The minimum atomic E-state index is -1.47. The number of halogens is 1. The van der Waals surface area contributed by atoms with Crippen molar-refractivity contribution in [1.82, 2.24) is 0 Å². The third kappa shape index (κ3) is 1.37. The van der Waals surface area contributed by atoms with Crippen molar-refractivity contribution in [2.24, 2.45) is 0 Å². The van der Waals surface area contributed by atoms with Crippen molar-refractivity contribution < 1.29 is 14.3 Å². The summed E-state index contributed by atoms with van der Waals surface area (Å²) >= 11 is 0. The van der Waals surface area contributed by atoms with E-state index in [4.69, 9.17) is 0 Å². The summed E-state index contributed by atoms with van der Waals surface area (Å²) in [7, 11) is 0. The van der Waals surface area contributed by atoms with E-state index in [1.165, 1.54) is 19.1 Å². The van der Waals surface area contributed by atoms with Crippen LogP contribution in [0, 0.1) is 12.7 Å². The Labute approximate surface area is 63.3 Å². The SMILES string of the molecule is Cc1cccc(F)c1C(=O)[O-]. The Balaban J connectivity index is 3.32. The lowest BCUT2D eigenvalue weighted by atomic mass is 10.1. The van der Waals surface area contributed by atoms with E-state index in [-0.39, 0.29) is 5.56 Å². The van der Waals surface area contributed by atoms with Gasteiger partial charge in [0.15, 0.2) is 0 Å². The summed E-state index contributed by atoms with van der Waals surface area (Å²) in [5.41, 5.74) is 0.0255. The predicted molar refractivity (Wildman–Crippen MR) is 35.5 cm³/mol. The third-order valence-electron chi connectivity index (χ3n) is 1.43. The average molecular weight is 153 g/mol. The van der Waals surface area contributed by atoms with Crippen molar-refractivity contribution >= 4 is 5.97 Å². The van der Waals surface area contributed by atoms with Gasteiger partial charge in [-0.2, -0.15) is 0 Å². The number of carbonyl (C=O) groups is 1. The first-order chi connectivity index (χ1) is 5.13. The van der Waals surface area contributed by atoms with Gasteiger partial charge in [0.05, 0.1) is 5.97 Å². The van der Waals surface area contributed by atoms with Crippen LogP contribution in [0.3, 0.4) is 0 Å². The summed E-state index contributed by atoms with van der Waals surface area (Å²) in [5.74, 6) is -2.22. The fraction of sp³-hybridized carbons (Fsp3) is 0.125. The second-order valence-electron chi connectivity index (χ2n) is 2.22. The van der Waals surface area contributed by atoms with Gasteiger partial charge in [0.1, 0.15) is 5.82 Å². The van der Waals surface area contributed by atoms with Crippen molar-refractivity contribution in [1.29, 1.82) is 0 Å². The number of hydrogen-bond acceptors (Lipinski definition) is 2. The average Bonchev–Trinajstić information content (AvgIpc) is 1.85. The lowest BCUT2D eigenvalue weighted by Crippen LogP contribution is -2.24. The van der Waals surface area contributed by atoms with Gasteiger partial charge >= 0.3 is 0 Å². The second kappa shape index (κ2) is 2.70. The van der Waals surface area contributed by atoms with Crippen LogP contribution in [-0.4, -0.2) is 5.97 Å². The van der Waals surface area contributed by atoms with E-state index in [9.17, 15) is 14.3 Å². The molecule has 1 rings (SSSR count). The molecule has 0 aliphatic carbocycles. The molecule has 0 atom stereocenters. The van der Waals surface area contributed by atoms with Crippen molar-refractivity contribution in [2.75, 3.05) is 0 Å². The highest BCUT2D eigenvalue weighted by Gasteiger charge is 2.04. The van der Waals surface area contributed by atoms with Crippen LogP contribution >= 0.6 is 0 Å². The standard InChI is InChI=1S/C8H7FO2/c1-5-3-2-4-6(9)7(5)8(10)11/h2-4H,1H3,(H,10,11)/p-1. The molecule has 11 heavy (non-hydrogen) atoms. The Morgan fingerprint density at radius 3 is 2.55 bits per heavy atom. The largest absolute Gasteiger partial charge is 0.545 e. The molecular formula is C8H6FO2-. The topological polar surface area (TPSA) is 40.1 Å². The zero-order valence-electron chi connectivity index (χ0n) is 5.93. The minimum absolute atomic E-state index is 0.354. The van der Waals surface area contributed by atoms with Crippen LogP contribution in [0.2, 0.25) is 0 Å². The van der Waals surface area contributed by atoms with Gasteiger partial charge in [0.25, 0.3) is 0 Å². The lowest BCUT2D eigenvalue weighted by Gasteiger charge is -2.06. The first kappa shape index (κ1) is 7.72. The molecule has 1 aromatic carbocycles. The van der Waals surface area contributed by atoms with Gasteiger partial charge in [-0.15, -0.1) is 0 Å². The van der Waals surface area contributed by atoms with E-state index in [1.807, 2.05) is 0 Å². The van der Waals surface area contributed by atoms with E-state index in [2.05, 4.69) is 0 Å². The molecule has 0 radical (unpaired) electrons. The van der Waals surface area contributed by atoms with E-state index in [0.717, 1.165) is 6.07 Å². The summed E-state index contributed by atoms with van der Waals surface area (Å²) in [4.78, 5) is 10.3. The fourth-order valence-electron chi connectivity index (χ4n) is 0.890. The van der Waals surface area contributed by atoms with E-state index in [0.29, 0.717) is 5.56 Å². The smallest absolute Gasteiger partial charge is 0.132 e. The van der Waals surface area contributed by atoms with Crippen molar-refractivity contribution in [2.45, 2.75) is 6.92 Å². The van der Waals surface area contributed by atoms with Gasteiger partial charge < -0.3 is 9.90 Å². The molecule has 0 aromatic heterocycles. The molecular weight excluding hydrogens is 147 g/mol. The van der Waals surface area contributed by atoms with Crippen LogP contribution in [0.1, 0.15) is 15.9 Å². The zero-order chi connectivity index (χ0) is 8.43. The summed E-state index contributed by atoms with van der Waals surface area (Å²) in [6, 6.07) is 4.07. The maximum absolute atomic E-state index is 12.7. The van der Waals surface area contributed by atoms with Crippen LogP contribution < -0.4 is 5.11 Å². The molecule has 1 aromatic rings. The Hall–Kier alpha value is -1.38. The highest BCUT2D eigenvalue weighted by molar-refractivity contribution is 5.87. The predicted octanol–water partition coefficient (Wildman–Crippen LogP) is 0.498. The maximum atomic E-state index is 12.7. The summed E-state index contributed by atoms with van der Waals surface area (Å²) < 4.78 is 12.7. The molecule has 2 nitrogen and oxygen atoms in total. The third-order valence-corrected chi connectivity index (χ3v) is 1.43. The zero-order valence-corrected chi connectivity index (χ0v) is 5.93. The number of carbonyl (C=O) groups excluding carboxylic acids is 1. The van der Waals surface area contributed by atoms with Crippen molar-refractivity contribution in [3.05, 3.63) is 35.1 Å². The number of benzene rings is 1. The van der Waals surface area contributed by atoms with Gasteiger partial charge in [-0.3, -0.25) is 0 Å². The van der Waals surface area contributed by atoms with Crippen LogP contribution in [0.15, 0.2) is 18.2 Å². The number of carboxylic acid groups (broad SMARTS) is 1. The number of aryl methyl sites for hydroxylation is 1. The second-order valence-corrected chi connectivity index (χ2v) is 2.22. The summed E-state index contributed by atoms with van der Waals surface area (Å²) in [6.45, 7) is 1.52. The normalized spacial score (nSPS) is 9.64. The fourth-order valence-corrected chi connectivity index (χ4v) is 0.890. The van der Waals surface area contributed by atoms with Gasteiger partial charge in [0, 0.05) is 5.56 Å². The maximum Gasteiger partial charge on any atom is 0.132 e. The molecule has 58 valence electrons. The molecule has 3 heteroatoms. The highest BCUT2D eigenvalue weighted by atomic mass is 19.1. The Morgan fingerprint density at radius 1 is 1.55 bits per heavy atom. The molecule has 0 bridgehead atoms. The molecule has 0 unspecified atom stereocenters. The van der Waals surface area contributed by atoms with Gasteiger partial charge in [-0.1, -0.05) is 12.1 Å². The molecule has 0 N–H and O–H groups in total. The van der Waals surface area contributed by atoms with Gasteiger partial charge in [-0.05, 0) is 18.6 Å². The van der Waals surface area contributed by atoms with Crippen molar-refractivity contribution in [3.63, 3.8) is 0 Å². The molecule has 0 saturated heterocycles. The molecule has 0 fully saturated rings. The minimum Gasteiger partial charge on any atom is -0.545 e. The Morgan fingerprint density at radius 2 is 2.18 bits per heavy atom.